The minimum atomic E-state index is -0.514. The minimum absolute atomic E-state index is 0.489. The summed E-state index contributed by atoms with van der Waals surface area (Å²) in [6.45, 7) is 5.62. The Balaban J connectivity index is 4.70. The van der Waals surface area contributed by atoms with Crippen molar-refractivity contribution >= 4 is 12.6 Å². The Morgan fingerprint density at radius 1 is 0.621 bits per heavy atom. The average Bonchev–Trinajstić information content (AvgIpc) is 2.73. The Morgan fingerprint density at radius 3 is 1.45 bits per heavy atom. The van der Waals surface area contributed by atoms with E-state index in [0.717, 1.165) is 38.3 Å². The highest BCUT2D eigenvalue weighted by Gasteiger charge is 2.13. The van der Waals surface area contributed by atoms with Crippen LogP contribution in [0.4, 0.5) is 0 Å². The summed E-state index contributed by atoms with van der Waals surface area (Å²) in [5.74, 6) is 0. The van der Waals surface area contributed by atoms with Crippen LogP contribution in [0.1, 0.15) is 90.9 Å². The summed E-state index contributed by atoms with van der Waals surface area (Å²) in [5, 5.41) is 0. The minimum Gasteiger partial charge on any atom is -0.349 e. The molecule has 0 aromatic rings. The van der Waals surface area contributed by atoms with Gasteiger partial charge in [0, 0.05) is 12.8 Å². The van der Waals surface area contributed by atoms with E-state index in [2.05, 4.69) is 13.8 Å². The number of rotatable bonds is 22. The summed E-state index contributed by atoms with van der Waals surface area (Å²) in [7, 11) is 0. The number of hydrogen-bond donors (Lipinski definition) is 0. The molecule has 0 amide bonds. The predicted molar refractivity (Wildman–Crippen MR) is 118 cm³/mol. The average molecular weight is 411 g/mol. The van der Waals surface area contributed by atoms with Crippen molar-refractivity contribution in [2.75, 3.05) is 13.2 Å². The maximum absolute atomic E-state index is 10.5. The molecule has 0 aliphatic rings. The van der Waals surface area contributed by atoms with Gasteiger partial charge in [0.25, 0.3) is 0 Å². The maximum Gasteiger partial charge on any atom is 0.180 e. The molecule has 5 nitrogen and oxygen atoms in total. The van der Waals surface area contributed by atoms with Gasteiger partial charge in [-0.3, -0.25) is 0 Å². The van der Waals surface area contributed by atoms with Crippen molar-refractivity contribution in [2.45, 2.75) is 103 Å². The standard InChI is InChI=1S/C24H42O5/c1-3-5-7-15-21-27-23(17-11-9-13-19-25)29-24(18-12-10-14-20-26)28-22-16-8-6-4-2/h11-12,17-20,23-24H,3-10,13-16,21-22H2,1-2H3. The van der Waals surface area contributed by atoms with Crippen LogP contribution in [0.25, 0.3) is 0 Å². The van der Waals surface area contributed by atoms with Crippen LogP contribution in [0.15, 0.2) is 24.3 Å². The Kier molecular flexibility index (Phi) is 22.0. The predicted octanol–water partition coefficient (Wildman–Crippen LogP) is 5.92. The van der Waals surface area contributed by atoms with Crippen LogP contribution in [-0.2, 0) is 23.8 Å². The molecule has 0 aliphatic heterocycles. The van der Waals surface area contributed by atoms with Gasteiger partial charge >= 0.3 is 0 Å². The summed E-state index contributed by atoms with van der Waals surface area (Å²) in [5.41, 5.74) is 0. The summed E-state index contributed by atoms with van der Waals surface area (Å²) >= 11 is 0. The molecule has 0 saturated heterocycles. The molecule has 5 heteroatoms. The number of aldehydes is 2. The Hall–Kier alpha value is -1.30. The quantitative estimate of drug-likeness (QED) is 0.0959. The second-order valence-electron chi connectivity index (χ2n) is 7.08. The molecule has 2 atom stereocenters. The summed E-state index contributed by atoms with van der Waals surface area (Å²) in [6.07, 6.45) is 19.7. The van der Waals surface area contributed by atoms with E-state index in [-0.39, 0.29) is 0 Å². The fraction of sp³-hybridized carbons (Fsp3) is 0.750. The smallest absolute Gasteiger partial charge is 0.180 e. The van der Waals surface area contributed by atoms with Gasteiger partial charge in [0.2, 0.25) is 0 Å². The number of unbranched alkanes of at least 4 members (excludes halogenated alkanes) is 8. The molecule has 0 fully saturated rings. The molecule has 0 aromatic heterocycles. The molecule has 0 N–H and O–H groups in total. The number of allylic oxidation sites excluding steroid dienone is 2. The van der Waals surface area contributed by atoms with E-state index in [9.17, 15) is 9.59 Å². The zero-order chi connectivity index (χ0) is 21.4. The molecule has 29 heavy (non-hydrogen) atoms. The van der Waals surface area contributed by atoms with Gasteiger partial charge in [-0.15, -0.1) is 0 Å². The van der Waals surface area contributed by atoms with Crippen LogP contribution in [0, 0.1) is 0 Å². The van der Waals surface area contributed by atoms with Crippen LogP contribution in [0.3, 0.4) is 0 Å². The van der Waals surface area contributed by atoms with Gasteiger partial charge < -0.3 is 23.8 Å². The normalized spacial score (nSPS) is 13.9. The second-order valence-corrected chi connectivity index (χ2v) is 7.08. The van der Waals surface area contributed by atoms with E-state index in [0.29, 0.717) is 38.9 Å². The molecule has 2 unspecified atom stereocenters. The molecule has 0 rings (SSSR count). The molecule has 0 radical (unpaired) electrons. The lowest BCUT2D eigenvalue weighted by atomic mass is 10.2. The Bertz CT molecular complexity index is 381. The fourth-order valence-electron chi connectivity index (χ4n) is 2.61. The largest absolute Gasteiger partial charge is 0.349 e. The summed E-state index contributed by atoms with van der Waals surface area (Å²) in [6, 6.07) is 0. The monoisotopic (exact) mass is 410 g/mol. The molecular formula is C24H42O5. The van der Waals surface area contributed by atoms with Crippen molar-refractivity contribution in [1.82, 2.24) is 0 Å². The highest BCUT2D eigenvalue weighted by Crippen LogP contribution is 2.11. The van der Waals surface area contributed by atoms with E-state index >= 15 is 0 Å². The first-order chi connectivity index (χ1) is 14.3. The Morgan fingerprint density at radius 2 is 1.07 bits per heavy atom. The molecule has 0 aromatic carbocycles. The van der Waals surface area contributed by atoms with Crippen LogP contribution in [0.5, 0.6) is 0 Å². The van der Waals surface area contributed by atoms with E-state index in [1.165, 1.54) is 25.7 Å². The first kappa shape index (κ1) is 27.7. The highest BCUT2D eigenvalue weighted by molar-refractivity contribution is 5.49. The Labute approximate surface area is 177 Å². The van der Waals surface area contributed by atoms with Crippen LogP contribution in [0.2, 0.25) is 0 Å². The van der Waals surface area contributed by atoms with E-state index < -0.39 is 12.6 Å². The van der Waals surface area contributed by atoms with Gasteiger partial charge in [0.15, 0.2) is 12.6 Å². The zero-order valence-corrected chi connectivity index (χ0v) is 18.6. The van der Waals surface area contributed by atoms with Crippen molar-refractivity contribution in [3.05, 3.63) is 24.3 Å². The molecule has 0 heterocycles. The fourth-order valence-corrected chi connectivity index (χ4v) is 2.61. The van der Waals surface area contributed by atoms with Crippen molar-refractivity contribution in [3.8, 4) is 0 Å². The van der Waals surface area contributed by atoms with E-state index in [4.69, 9.17) is 14.2 Å². The second kappa shape index (κ2) is 23.0. The van der Waals surface area contributed by atoms with Gasteiger partial charge in [-0.25, -0.2) is 0 Å². The lowest BCUT2D eigenvalue weighted by Crippen LogP contribution is -2.25. The lowest BCUT2D eigenvalue weighted by molar-refractivity contribution is -0.208. The van der Waals surface area contributed by atoms with Crippen molar-refractivity contribution in [1.29, 1.82) is 0 Å². The van der Waals surface area contributed by atoms with Crippen LogP contribution >= 0.6 is 0 Å². The van der Waals surface area contributed by atoms with Gasteiger partial charge in [-0.05, 0) is 37.8 Å². The maximum atomic E-state index is 10.5. The van der Waals surface area contributed by atoms with E-state index in [1.54, 1.807) is 0 Å². The van der Waals surface area contributed by atoms with Crippen molar-refractivity contribution in [3.63, 3.8) is 0 Å². The third-order valence-corrected chi connectivity index (χ3v) is 4.32. The first-order valence-electron chi connectivity index (χ1n) is 11.4. The number of carbonyl (C=O) groups excluding carboxylic acids is 2. The molecule has 0 bridgehead atoms. The highest BCUT2D eigenvalue weighted by atomic mass is 16.8. The van der Waals surface area contributed by atoms with Gasteiger partial charge in [0.1, 0.15) is 12.6 Å². The number of hydrogen-bond acceptors (Lipinski definition) is 5. The van der Waals surface area contributed by atoms with Gasteiger partial charge in [-0.1, -0.05) is 64.5 Å². The lowest BCUT2D eigenvalue weighted by Gasteiger charge is -2.21. The molecular weight excluding hydrogens is 368 g/mol. The third-order valence-electron chi connectivity index (χ3n) is 4.32. The molecule has 168 valence electrons. The van der Waals surface area contributed by atoms with Crippen molar-refractivity contribution < 1.29 is 23.8 Å². The van der Waals surface area contributed by atoms with Crippen molar-refractivity contribution in [2.24, 2.45) is 0 Å². The molecule has 0 aliphatic carbocycles. The SMILES string of the molecule is CCCCCCOC(C=CCCC=O)OC(C=CCCC=O)OCCCCCC. The molecule has 0 spiro atoms. The van der Waals surface area contributed by atoms with Crippen LogP contribution in [-0.4, -0.2) is 38.4 Å². The topological polar surface area (TPSA) is 61.8 Å². The molecule has 0 saturated carbocycles. The van der Waals surface area contributed by atoms with E-state index in [1.807, 2.05) is 24.3 Å². The van der Waals surface area contributed by atoms with Gasteiger partial charge in [0.05, 0.1) is 13.2 Å². The summed E-state index contributed by atoms with van der Waals surface area (Å²) < 4.78 is 17.8. The van der Waals surface area contributed by atoms with Crippen LogP contribution < -0.4 is 0 Å². The number of carbonyl (C=O) groups is 2. The zero-order valence-electron chi connectivity index (χ0n) is 18.6. The number of ether oxygens (including phenoxy) is 3. The first-order valence-corrected chi connectivity index (χ1v) is 11.4. The summed E-state index contributed by atoms with van der Waals surface area (Å²) in [4.78, 5) is 21.0. The van der Waals surface area contributed by atoms with Gasteiger partial charge in [-0.2, -0.15) is 0 Å². The third kappa shape index (κ3) is 19.8.